The number of hydrogen-bond donors (Lipinski definition) is 3. The van der Waals surface area contributed by atoms with E-state index in [1.165, 1.54) is 70.5 Å². The molecule has 4 aliphatic carbocycles. The number of nitrogen functional groups attached to an aromatic ring is 1. The average Bonchev–Trinajstić information content (AvgIpc) is 3.64. The summed E-state index contributed by atoms with van der Waals surface area (Å²) in [4.78, 5) is 48.9. The number of nitrogens with zero attached hydrogens (tertiary/aromatic N) is 3. The molecule has 0 bridgehead atoms. The van der Waals surface area contributed by atoms with Gasteiger partial charge < -0.3 is 25.5 Å². The third kappa shape index (κ3) is 7.02. The third-order valence-corrected chi connectivity index (χ3v) is 14.0. The maximum atomic E-state index is 13.2. The first-order valence-electron chi connectivity index (χ1n) is 19.1. The van der Waals surface area contributed by atoms with E-state index in [9.17, 15) is 14.4 Å². The predicted octanol–water partition coefficient (Wildman–Crippen LogP) is 5.85. The molecule has 4 aliphatic rings. The normalized spacial score (nSPS) is 32.9. The van der Waals surface area contributed by atoms with Crippen molar-refractivity contribution >= 4 is 29.1 Å². The molecule has 2 aromatic heterocycles. The van der Waals surface area contributed by atoms with E-state index in [-0.39, 0.29) is 43.1 Å². The number of carbonyl (C=O) groups excluding carboxylic acids is 2. The number of fused-ring (bicyclic) bond motifs is 6. The van der Waals surface area contributed by atoms with E-state index < -0.39 is 23.5 Å². The first kappa shape index (κ1) is 35.9. The van der Waals surface area contributed by atoms with Crippen LogP contribution in [0.15, 0.2) is 11.1 Å². The number of esters is 2. The Balaban J connectivity index is 1.05. The van der Waals surface area contributed by atoms with Crippen molar-refractivity contribution in [3.8, 4) is 0 Å². The summed E-state index contributed by atoms with van der Waals surface area (Å²) in [5.74, 6) is 3.35. The second-order valence-corrected chi connectivity index (χ2v) is 17.1. The number of nitrogens with one attached hydrogen (secondary N) is 1. The molecule has 0 radical (unpaired) electrons. The lowest BCUT2D eigenvalue weighted by Crippen LogP contribution is -2.53. The van der Waals surface area contributed by atoms with Crippen LogP contribution in [-0.4, -0.2) is 50.7 Å². The fourth-order valence-corrected chi connectivity index (χ4v) is 11.2. The first-order chi connectivity index (χ1) is 23.3. The molecule has 272 valence electrons. The lowest BCUT2D eigenvalue weighted by molar-refractivity contribution is -0.151. The fraction of sp³-hybridized carbons (Fsp3) is 0.816. The SMILES string of the molecule is CC(C)[C@H](N)C(=O)OCC(COC(=O)CC[C@@H](C)[C@H]1CC[C@H]2[C@@H]3CCC4CCCC[C@]4(C)[C@H]3CC[C@]12C)Cn1cnc2c(=O)[nH]c(N)nc21. The van der Waals surface area contributed by atoms with Gasteiger partial charge in [0.15, 0.2) is 11.2 Å². The number of imidazole rings is 1. The molecule has 49 heavy (non-hydrogen) atoms. The Kier molecular flexibility index (Phi) is 10.5. The molecule has 4 saturated carbocycles. The van der Waals surface area contributed by atoms with Crippen LogP contribution in [-0.2, 0) is 25.6 Å². The number of aromatic amines is 1. The van der Waals surface area contributed by atoms with Crippen LogP contribution in [0.4, 0.5) is 5.95 Å². The third-order valence-electron chi connectivity index (χ3n) is 14.0. The second kappa shape index (κ2) is 14.3. The van der Waals surface area contributed by atoms with Gasteiger partial charge in [-0.05, 0) is 110 Å². The van der Waals surface area contributed by atoms with Gasteiger partial charge in [-0.3, -0.25) is 19.4 Å². The van der Waals surface area contributed by atoms with Gasteiger partial charge in [0, 0.05) is 18.9 Å². The Labute approximate surface area is 291 Å². The number of anilines is 1. The number of carbonyl (C=O) groups is 2. The highest BCUT2D eigenvalue weighted by Gasteiger charge is 2.60. The summed E-state index contributed by atoms with van der Waals surface area (Å²) < 4.78 is 13.1. The van der Waals surface area contributed by atoms with Gasteiger partial charge in [0.2, 0.25) is 5.95 Å². The molecule has 5 N–H and O–H groups in total. The summed E-state index contributed by atoms with van der Waals surface area (Å²) >= 11 is 0. The molecule has 0 aromatic carbocycles. The van der Waals surface area contributed by atoms with Crippen LogP contribution >= 0.6 is 0 Å². The lowest BCUT2D eigenvalue weighted by Gasteiger charge is -2.61. The van der Waals surface area contributed by atoms with E-state index in [0.717, 1.165) is 30.1 Å². The van der Waals surface area contributed by atoms with Crippen LogP contribution < -0.4 is 17.0 Å². The molecule has 2 unspecified atom stereocenters. The van der Waals surface area contributed by atoms with Crippen LogP contribution in [0, 0.1) is 58.2 Å². The van der Waals surface area contributed by atoms with Gasteiger partial charge in [-0.25, -0.2) is 4.98 Å². The molecule has 2 aromatic rings. The Hall–Kier alpha value is -2.95. The van der Waals surface area contributed by atoms with Crippen LogP contribution in [0.2, 0.25) is 0 Å². The van der Waals surface area contributed by atoms with E-state index in [1.807, 2.05) is 13.8 Å². The summed E-state index contributed by atoms with van der Waals surface area (Å²) in [7, 11) is 0. The smallest absolute Gasteiger partial charge is 0.323 e. The largest absolute Gasteiger partial charge is 0.465 e. The highest BCUT2D eigenvalue weighted by atomic mass is 16.5. The molecule has 0 aliphatic heterocycles. The van der Waals surface area contributed by atoms with Gasteiger partial charge in [0.25, 0.3) is 5.56 Å². The summed E-state index contributed by atoms with van der Waals surface area (Å²) in [6.07, 6.45) is 16.6. The van der Waals surface area contributed by atoms with Gasteiger partial charge in [-0.2, -0.15) is 4.98 Å². The maximum Gasteiger partial charge on any atom is 0.323 e. The van der Waals surface area contributed by atoms with Gasteiger partial charge >= 0.3 is 11.9 Å². The number of nitrogens with two attached hydrogens (primary N) is 2. The van der Waals surface area contributed by atoms with Crippen molar-refractivity contribution in [2.45, 2.75) is 124 Å². The number of aromatic nitrogens is 4. The van der Waals surface area contributed by atoms with Gasteiger partial charge in [0.05, 0.1) is 19.5 Å². The van der Waals surface area contributed by atoms with Crippen LogP contribution in [0.3, 0.4) is 0 Å². The minimum absolute atomic E-state index is 0.00888. The molecule has 0 spiro atoms. The molecule has 11 nitrogen and oxygen atoms in total. The molecule has 0 amide bonds. The van der Waals surface area contributed by atoms with E-state index in [0.29, 0.717) is 34.7 Å². The first-order valence-corrected chi connectivity index (χ1v) is 19.1. The lowest BCUT2D eigenvalue weighted by atomic mass is 9.44. The van der Waals surface area contributed by atoms with Crippen molar-refractivity contribution in [2.75, 3.05) is 18.9 Å². The zero-order valence-electron chi connectivity index (χ0n) is 30.4. The van der Waals surface area contributed by atoms with E-state index >= 15 is 0 Å². The van der Waals surface area contributed by atoms with Gasteiger partial charge in [-0.15, -0.1) is 0 Å². The summed E-state index contributed by atoms with van der Waals surface area (Å²) in [5, 5.41) is 0. The Morgan fingerprint density at radius 3 is 2.53 bits per heavy atom. The average molecular weight is 681 g/mol. The molecule has 6 rings (SSSR count). The van der Waals surface area contributed by atoms with Crippen molar-refractivity contribution in [3.63, 3.8) is 0 Å². The van der Waals surface area contributed by atoms with Crippen molar-refractivity contribution in [1.82, 2.24) is 19.5 Å². The zero-order chi connectivity index (χ0) is 35.1. The number of hydrogen-bond acceptors (Lipinski definition) is 9. The molecule has 0 saturated heterocycles. The zero-order valence-corrected chi connectivity index (χ0v) is 30.4. The fourth-order valence-electron chi connectivity index (χ4n) is 11.2. The molecule has 11 heteroatoms. The Morgan fingerprint density at radius 1 is 1.00 bits per heavy atom. The summed E-state index contributed by atoms with van der Waals surface area (Å²) in [5.41, 5.74) is 12.7. The number of rotatable bonds is 12. The maximum absolute atomic E-state index is 13.2. The van der Waals surface area contributed by atoms with Gasteiger partial charge in [0.1, 0.15) is 6.04 Å². The summed E-state index contributed by atoms with van der Waals surface area (Å²) in [6, 6.07) is -0.753. The molecular formula is C38H60N6O5. The molecular weight excluding hydrogens is 620 g/mol. The minimum Gasteiger partial charge on any atom is -0.465 e. The number of ether oxygens (including phenoxy) is 2. The standard InChI is InChI=1S/C38H60N6O5/c1-22(2)31(39)35(47)49-20-24(18-44-21-41-32-33(44)42-36(40)43-34(32)46)19-48-30(45)14-9-23(3)27-12-13-28-26-11-10-25-8-6-7-16-37(25,4)29(26)15-17-38(27,28)5/h21-29,31H,6-20,39H2,1-5H3,(H3,40,42,43,46)/t23-,24?,25?,26+,27-,28+,29+,31+,37+,38-/m1/s1. The topological polar surface area (TPSA) is 168 Å². The molecule has 4 fully saturated rings. The Morgan fingerprint density at radius 2 is 1.76 bits per heavy atom. The quantitative estimate of drug-likeness (QED) is 0.233. The van der Waals surface area contributed by atoms with E-state index in [1.54, 1.807) is 4.57 Å². The van der Waals surface area contributed by atoms with Crippen LogP contribution in [0.1, 0.15) is 112 Å². The summed E-state index contributed by atoms with van der Waals surface area (Å²) in [6.45, 7) is 11.6. The predicted molar refractivity (Wildman–Crippen MR) is 189 cm³/mol. The van der Waals surface area contributed by atoms with Gasteiger partial charge in [-0.1, -0.05) is 47.5 Å². The number of H-pyrrole nitrogens is 1. The van der Waals surface area contributed by atoms with Crippen molar-refractivity contribution in [3.05, 3.63) is 16.7 Å². The highest BCUT2D eigenvalue weighted by molar-refractivity contribution is 5.75. The molecule has 2 heterocycles. The van der Waals surface area contributed by atoms with Crippen LogP contribution in [0.25, 0.3) is 11.2 Å². The minimum atomic E-state index is -0.753. The van der Waals surface area contributed by atoms with E-state index in [4.69, 9.17) is 20.9 Å². The van der Waals surface area contributed by atoms with Crippen molar-refractivity contribution < 1.29 is 19.1 Å². The highest BCUT2D eigenvalue weighted by Crippen LogP contribution is 2.68. The monoisotopic (exact) mass is 680 g/mol. The van der Waals surface area contributed by atoms with Crippen molar-refractivity contribution in [1.29, 1.82) is 0 Å². The Bertz CT molecular complexity index is 1550. The molecule has 10 atom stereocenters. The van der Waals surface area contributed by atoms with Crippen molar-refractivity contribution in [2.24, 2.45) is 63.9 Å². The van der Waals surface area contributed by atoms with E-state index in [2.05, 4.69) is 35.7 Å². The second-order valence-electron chi connectivity index (χ2n) is 17.1. The van der Waals surface area contributed by atoms with Crippen LogP contribution in [0.5, 0.6) is 0 Å².